The van der Waals surface area contributed by atoms with Gasteiger partial charge in [0.15, 0.2) is 0 Å². The summed E-state index contributed by atoms with van der Waals surface area (Å²) in [7, 11) is -3.46. The fraction of sp³-hybridized carbons (Fsp3) is 0.533. The van der Waals surface area contributed by atoms with Gasteiger partial charge in [-0.1, -0.05) is 5.16 Å². The van der Waals surface area contributed by atoms with Gasteiger partial charge in [0.1, 0.15) is 4.21 Å². The average molecular weight is 382 g/mol. The van der Waals surface area contributed by atoms with Gasteiger partial charge in [-0.15, -0.1) is 11.3 Å². The van der Waals surface area contributed by atoms with Gasteiger partial charge < -0.3 is 9.42 Å². The third kappa shape index (κ3) is 3.09. The predicted octanol–water partition coefficient (Wildman–Crippen LogP) is 1.82. The Morgan fingerprint density at radius 2 is 1.80 bits per heavy atom. The lowest BCUT2D eigenvalue weighted by Gasteiger charge is -2.13. The van der Waals surface area contributed by atoms with E-state index in [2.05, 4.69) is 10.1 Å². The van der Waals surface area contributed by atoms with Gasteiger partial charge in [0.05, 0.1) is 0 Å². The molecule has 0 atom stereocenters. The molecule has 2 aromatic heterocycles. The Balaban J connectivity index is 1.55. The number of thiophene rings is 1. The van der Waals surface area contributed by atoms with Crippen LogP contribution in [-0.2, 0) is 10.0 Å². The van der Waals surface area contributed by atoms with E-state index in [0.29, 0.717) is 31.7 Å². The second-order valence-electron chi connectivity index (χ2n) is 6.19. The van der Waals surface area contributed by atoms with Crippen LogP contribution in [0.5, 0.6) is 0 Å². The van der Waals surface area contributed by atoms with Crippen molar-refractivity contribution < 1.29 is 17.7 Å². The number of nitrogens with zero attached hydrogens (tertiary/aromatic N) is 4. The minimum absolute atomic E-state index is 0.0490. The largest absolute Gasteiger partial charge is 0.334 e. The van der Waals surface area contributed by atoms with Crippen LogP contribution in [0, 0.1) is 0 Å². The second kappa shape index (κ2) is 6.50. The number of aromatic nitrogens is 2. The van der Waals surface area contributed by atoms with Crippen LogP contribution < -0.4 is 0 Å². The zero-order valence-electron chi connectivity index (χ0n) is 13.5. The van der Waals surface area contributed by atoms with Crippen molar-refractivity contribution in [2.45, 2.75) is 29.9 Å². The molecule has 2 fully saturated rings. The maximum absolute atomic E-state index is 12.6. The van der Waals surface area contributed by atoms with E-state index >= 15 is 0 Å². The van der Waals surface area contributed by atoms with E-state index in [1.165, 1.54) is 4.31 Å². The molecule has 0 saturated carbocycles. The monoisotopic (exact) mass is 382 g/mol. The van der Waals surface area contributed by atoms with Crippen molar-refractivity contribution >= 4 is 27.3 Å². The normalized spacial score (nSPS) is 19.0. The van der Waals surface area contributed by atoms with Crippen molar-refractivity contribution in [3.05, 3.63) is 17.3 Å². The van der Waals surface area contributed by atoms with Gasteiger partial charge in [-0.05, 0) is 31.7 Å². The molecule has 2 saturated heterocycles. The number of hydrogen-bond acceptors (Lipinski definition) is 7. The summed E-state index contributed by atoms with van der Waals surface area (Å²) in [6.07, 6.45) is 3.75. The molecule has 2 aromatic rings. The molecule has 10 heteroatoms. The topological polar surface area (TPSA) is 96.6 Å². The summed E-state index contributed by atoms with van der Waals surface area (Å²) in [5.41, 5.74) is 0.548. The number of amides is 1. The van der Waals surface area contributed by atoms with Crippen LogP contribution in [0.1, 0.15) is 36.4 Å². The van der Waals surface area contributed by atoms with Crippen LogP contribution in [0.25, 0.3) is 11.4 Å². The fourth-order valence-corrected chi connectivity index (χ4v) is 5.94. The number of carbonyl (C=O) groups excluding carboxylic acids is 1. The number of rotatable bonds is 4. The molecule has 4 rings (SSSR count). The third-order valence-electron chi connectivity index (χ3n) is 4.50. The van der Waals surface area contributed by atoms with Crippen LogP contribution >= 0.6 is 11.3 Å². The Kier molecular flexibility index (Phi) is 4.34. The standard InChI is InChI=1S/C15H18N4O4S2/c20-15(18-5-1-2-6-18)14-16-13(17-23-14)11-9-12(24-10-11)25(21,22)19-7-3-4-8-19/h9-10H,1-8H2. The fourth-order valence-electron chi connectivity index (χ4n) is 3.11. The number of carbonyl (C=O) groups is 1. The Morgan fingerprint density at radius 3 is 2.52 bits per heavy atom. The van der Waals surface area contributed by atoms with E-state index < -0.39 is 10.0 Å². The van der Waals surface area contributed by atoms with Crippen LogP contribution in [0.15, 0.2) is 20.2 Å². The number of sulfonamides is 1. The molecular formula is C15H18N4O4S2. The molecule has 0 bridgehead atoms. The highest BCUT2D eigenvalue weighted by Gasteiger charge is 2.30. The van der Waals surface area contributed by atoms with Crippen molar-refractivity contribution in [3.63, 3.8) is 0 Å². The van der Waals surface area contributed by atoms with Crippen molar-refractivity contribution in [1.29, 1.82) is 0 Å². The first-order valence-electron chi connectivity index (χ1n) is 8.28. The molecule has 0 aromatic carbocycles. The van der Waals surface area contributed by atoms with E-state index in [1.807, 2.05) is 0 Å². The third-order valence-corrected chi connectivity index (χ3v) is 7.81. The van der Waals surface area contributed by atoms with Gasteiger partial charge >= 0.3 is 11.8 Å². The highest BCUT2D eigenvalue weighted by atomic mass is 32.2. The number of likely N-dealkylation sites (tertiary alicyclic amines) is 1. The summed E-state index contributed by atoms with van der Waals surface area (Å²) in [6.45, 7) is 2.53. The minimum Gasteiger partial charge on any atom is -0.334 e. The summed E-state index contributed by atoms with van der Waals surface area (Å²) in [5, 5.41) is 5.51. The van der Waals surface area contributed by atoms with Crippen molar-refractivity contribution in [3.8, 4) is 11.4 Å². The lowest BCUT2D eigenvalue weighted by molar-refractivity contribution is 0.0743. The summed E-state index contributed by atoms with van der Waals surface area (Å²) >= 11 is 1.13. The Bertz CT molecular complexity index is 877. The first kappa shape index (κ1) is 16.7. The Morgan fingerprint density at radius 1 is 1.12 bits per heavy atom. The van der Waals surface area contributed by atoms with E-state index in [-0.39, 0.29) is 21.8 Å². The van der Waals surface area contributed by atoms with E-state index in [1.54, 1.807) is 16.3 Å². The maximum atomic E-state index is 12.6. The van der Waals surface area contributed by atoms with Crippen molar-refractivity contribution in [2.75, 3.05) is 26.2 Å². The molecule has 8 nitrogen and oxygen atoms in total. The van der Waals surface area contributed by atoms with Gasteiger partial charge in [-0.2, -0.15) is 9.29 Å². The summed E-state index contributed by atoms with van der Waals surface area (Å²) in [5.74, 6) is -0.0786. The lowest BCUT2D eigenvalue weighted by atomic mass is 10.3. The maximum Gasteiger partial charge on any atom is 0.316 e. The molecule has 25 heavy (non-hydrogen) atoms. The van der Waals surface area contributed by atoms with Gasteiger partial charge in [0, 0.05) is 37.1 Å². The van der Waals surface area contributed by atoms with Crippen LogP contribution in [0.2, 0.25) is 0 Å². The first-order valence-corrected chi connectivity index (χ1v) is 10.6. The minimum atomic E-state index is -3.46. The number of hydrogen-bond donors (Lipinski definition) is 0. The molecule has 134 valence electrons. The smallest absolute Gasteiger partial charge is 0.316 e. The second-order valence-corrected chi connectivity index (χ2v) is 9.26. The van der Waals surface area contributed by atoms with Crippen LogP contribution in [0.3, 0.4) is 0 Å². The highest BCUT2D eigenvalue weighted by molar-refractivity contribution is 7.91. The molecule has 0 radical (unpaired) electrons. The zero-order chi connectivity index (χ0) is 17.4. The van der Waals surface area contributed by atoms with Gasteiger partial charge in [-0.3, -0.25) is 4.79 Å². The SMILES string of the molecule is O=C(c1nc(-c2csc(S(=O)(=O)N3CCCC3)c2)no1)N1CCCC1. The average Bonchev–Trinajstić information content (AvgIpc) is 3.43. The molecule has 2 aliphatic rings. The predicted molar refractivity (Wildman–Crippen MR) is 90.7 cm³/mol. The van der Waals surface area contributed by atoms with Crippen LogP contribution in [0.4, 0.5) is 0 Å². The molecule has 0 spiro atoms. The summed E-state index contributed by atoms with van der Waals surface area (Å²) < 4.78 is 32.0. The van der Waals surface area contributed by atoms with Crippen LogP contribution in [-0.4, -0.2) is 59.8 Å². The molecular weight excluding hydrogens is 364 g/mol. The van der Waals surface area contributed by atoms with Crippen molar-refractivity contribution in [2.24, 2.45) is 0 Å². The summed E-state index contributed by atoms with van der Waals surface area (Å²) in [6, 6.07) is 1.55. The molecule has 0 N–H and O–H groups in total. The van der Waals surface area contributed by atoms with Crippen molar-refractivity contribution in [1.82, 2.24) is 19.3 Å². The lowest BCUT2D eigenvalue weighted by Crippen LogP contribution is -2.27. The van der Waals surface area contributed by atoms with Gasteiger partial charge in [0.2, 0.25) is 5.82 Å². The highest BCUT2D eigenvalue weighted by Crippen LogP contribution is 2.30. The summed E-state index contributed by atoms with van der Waals surface area (Å²) in [4.78, 5) is 18.1. The zero-order valence-corrected chi connectivity index (χ0v) is 15.2. The molecule has 0 unspecified atom stereocenters. The van der Waals surface area contributed by atoms with Gasteiger partial charge in [0.25, 0.3) is 10.0 Å². The van der Waals surface area contributed by atoms with E-state index in [4.69, 9.17) is 4.52 Å². The van der Waals surface area contributed by atoms with E-state index in [9.17, 15) is 13.2 Å². The Labute approximate surface area is 149 Å². The Hall–Kier alpha value is -1.78. The molecule has 4 heterocycles. The molecule has 2 aliphatic heterocycles. The van der Waals surface area contributed by atoms with Gasteiger partial charge in [-0.25, -0.2) is 8.42 Å². The molecule has 0 aliphatic carbocycles. The first-order chi connectivity index (χ1) is 12.1. The quantitative estimate of drug-likeness (QED) is 0.800. The molecule has 1 amide bonds. The van der Waals surface area contributed by atoms with E-state index in [0.717, 1.165) is 37.0 Å².